The van der Waals surface area contributed by atoms with Gasteiger partial charge in [-0.05, 0) is 19.4 Å². The maximum atomic E-state index is 12.3. The number of ether oxygens (including phenoxy) is 1. The number of quaternary nitrogens is 1. The molecule has 118 valence electrons. The van der Waals surface area contributed by atoms with Gasteiger partial charge >= 0.3 is 5.97 Å². The molecule has 2 aromatic heterocycles. The van der Waals surface area contributed by atoms with Crippen molar-refractivity contribution in [1.29, 1.82) is 0 Å². The molecule has 1 fully saturated rings. The summed E-state index contributed by atoms with van der Waals surface area (Å²) in [7, 11) is 0. The summed E-state index contributed by atoms with van der Waals surface area (Å²) in [5.74, 6) is 0.320. The van der Waals surface area contributed by atoms with E-state index in [-0.39, 0.29) is 11.5 Å². The Balaban J connectivity index is 1.99. The van der Waals surface area contributed by atoms with Crippen molar-refractivity contribution in [2.45, 2.75) is 33.2 Å². The smallest absolute Gasteiger partial charge is 0.348 e. The van der Waals surface area contributed by atoms with E-state index in [9.17, 15) is 9.59 Å². The Morgan fingerprint density at radius 1 is 1.41 bits per heavy atom. The lowest BCUT2D eigenvalue weighted by Gasteiger charge is -2.10. The largest absolute Gasteiger partial charge is 0.462 e. The van der Waals surface area contributed by atoms with E-state index in [4.69, 9.17) is 4.74 Å². The van der Waals surface area contributed by atoms with E-state index in [0.29, 0.717) is 33.1 Å². The quantitative estimate of drug-likeness (QED) is 0.810. The first-order chi connectivity index (χ1) is 10.6. The molecule has 2 N–H and O–H groups in total. The number of aryl methyl sites for hydroxylation is 1. The zero-order chi connectivity index (χ0) is 15.7. The van der Waals surface area contributed by atoms with Crippen molar-refractivity contribution in [1.82, 2.24) is 9.97 Å². The molecule has 2 aromatic rings. The summed E-state index contributed by atoms with van der Waals surface area (Å²) in [6.07, 6.45) is 2.46. The van der Waals surface area contributed by atoms with E-state index in [0.717, 1.165) is 19.6 Å². The molecule has 0 atom stereocenters. The van der Waals surface area contributed by atoms with Crippen molar-refractivity contribution in [2.75, 3.05) is 19.7 Å². The molecule has 3 rings (SSSR count). The number of fused-ring (bicyclic) bond motifs is 1. The normalized spacial score (nSPS) is 15.5. The number of carbonyl (C=O) groups is 1. The number of likely N-dealkylation sites (tertiary alicyclic amines) is 1. The number of rotatable bonds is 4. The second-order valence-corrected chi connectivity index (χ2v) is 6.60. The first-order valence-electron chi connectivity index (χ1n) is 7.63. The van der Waals surface area contributed by atoms with Gasteiger partial charge in [-0.1, -0.05) is 0 Å². The second-order valence-electron chi connectivity index (χ2n) is 5.60. The van der Waals surface area contributed by atoms with Crippen molar-refractivity contribution < 1.29 is 14.4 Å². The standard InChI is InChI=1S/C15H19N3O3S/c1-3-21-15(20)12-9(2)11-13(19)16-10(17-14(11)22-12)8-18-6-4-5-7-18/h3-8H2,1-2H3,(H,16,17,19)/p+1. The molecule has 1 aliphatic heterocycles. The molecular formula is C15H20N3O3S+. The van der Waals surface area contributed by atoms with Crippen LogP contribution in [0.15, 0.2) is 4.79 Å². The van der Waals surface area contributed by atoms with Gasteiger partial charge in [0.15, 0.2) is 5.82 Å². The van der Waals surface area contributed by atoms with Crippen LogP contribution in [0.5, 0.6) is 0 Å². The Labute approximate surface area is 132 Å². The van der Waals surface area contributed by atoms with E-state index in [1.807, 2.05) is 0 Å². The van der Waals surface area contributed by atoms with Crippen LogP contribution in [0.1, 0.15) is 40.8 Å². The van der Waals surface area contributed by atoms with Crippen LogP contribution >= 0.6 is 11.3 Å². The summed E-state index contributed by atoms with van der Waals surface area (Å²) in [5, 5.41) is 0.508. The molecule has 0 radical (unpaired) electrons. The third-order valence-corrected chi connectivity index (χ3v) is 5.20. The maximum Gasteiger partial charge on any atom is 0.348 e. The predicted octanol–water partition coefficient (Wildman–Crippen LogP) is 0.648. The fourth-order valence-corrected chi connectivity index (χ4v) is 4.05. The van der Waals surface area contributed by atoms with Crippen molar-refractivity contribution >= 4 is 27.5 Å². The summed E-state index contributed by atoms with van der Waals surface area (Å²) in [6.45, 7) is 6.84. The van der Waals surface area contributed by atoms with Gasteiger partial charge in [0.2, 0.25) is 0 Å². The number of hydrogen-bond donors (Lipinski definition) is 2. The summed E-state index contributed by atoms with van der Waals surface area (Å²) < 4.78 is 5.04. The summed E-state index contributed by atoms with van der Waals surface area (Å²) >= 11 is 1.24. The molecule has 0 bridgehead atoms. The average Bonchev–Trinajstić information content (AvgIpc) is 3.07. The molecule has 1 aliphatic rings. The van der Waals surface area contributed by atoms with Gasteiger partial charge in [-0.15, -0.1) is 11.3 Å². The van der Waals surface area contributed by atoms with E-state index < -0.39 is 0 Å². The van der Waals surface area contributed by atoms with E-state index in [1.165, 1.54) is 29.1 Å². The zero-order valence-electron chi connectivity index (χ0n) is 12.8. The van der Waals surface area contributed by atoms with Crippen molar-refractivity contribution in [3.05, 3.63) is 26.6 Å². The lowest BCUT2D eigenvalue weighted by Crippen LogP contribution is -3.08. The topological polar surface area (TPSA) is 76.5 Å². The van der Waals surface area contributed by atoms with Crippen LogP contribution in [0.4, 0.5) is 0 Å². The fraction of sp³-hybridized carbons (Fsp3) is 0.533. The molecule has 7 heteroatoms. The first kappa shape index (κ1) is 15.2. The molecule has 1 saturated heterocycles. The minimum atomic E-state index is -0.380. The van der Waals surface area contributed by atoms with Gasteiger partial charge in [-0.3, -0.25) is 4.79 Å². The molecule has 6 nitrogen and oxygen atoms in total. The Kier molecular flexibility index (Phi) is 4.26. The summed E-state index contributed by atoms with van der Waals surface area (Å²) in [6, 6.07) is 0. The lowest BCUT2D eigenvalue weighted by atomic mass is 10.2. The summed E-state index contributed by atoms with van der Waals surface area (Å²) in [4.78, 5) is 34.3. The molecule has 22 heavy (non-hydrogen) atoms. The number of nitrogens with one attached hydrogen (secondary N) is 2. The van der Waals surface area contributed by atoms with Crippen LogP contribution in [0, 0.1) is 6.92 Å². The van der Waals surface area contributed by atoms with Crippen molar-refractivity contribution in [3.63, 3.8) is 0 Å². The third kappa shape index (κ3) is 2.78. The SMILES string of the molecule is CCOC(=O)c1sc2nc(C[NH+]3CCCC3)[nH]c(=O)c2c1C. The number of H-pyrrole nitrogens is 1. The number of hydrogen-bond acceptors (Lipinski definition) is 5. The Morgan fingerprint density at radius 2 is 2.14 bits per heavy atom. The molecular weight excluding hydrogens is 302 g/mol. The van der Waals surface area contributed by atoms with Gasteiger partial charge in [0.05, 0.1) is 25.1 Å². The predicted molar refractivity (Wildman–Crippen MR) is 84.6 cm³/mol. The van der Waals surface area contributed by atoms with Crippen LogP contribution in [-0.2, 0) is 11.3 Å². The highest BCUT2D eigenvalue weighted by atomic mass is 32.1. The number of aromatic nitrogens is 2. The van der Waals surface area contributed by atoms with Crippen LogP contribution in [0.3, 0.4) is 0 Å². The highest BCUT2D eigenvalue weighted by molar-refractivity contribution is 7.20. The fourth-order valence-electron chi connectivity index (χ4n) is 2.95. The zero-order valence-corrected chi connectivity index (χ0v) is 13.6. The third-order valence-electron chi connectivity index (χ3n) is 4.04. The van der Waals surface area contributed by atoms with E-state index in [1.54, 1.807) is 13.8 Å². The molecule has 0 amide bonds. The Morgan fingerprint density at radius 3 is 2.82 bits per heavy atom. The van der Waals surface area contributed by atoms with Gasteiger partial charge in [0.1, 0.15) is 16.3 Å². The van der Waals surface area contributed by atoms with E-state index >= 15 is 0 Å². The highest BCUT2D eigenvalue weighted by Crippen LogP contribution is 2.27. The molecule has 0 aliphatic carbocycles. The highest BCUT2D eigenvalue weighted by Gasteiger charge is 2.22. The molecule has 0 spiro atoms. The van der Waals surface area contributed by atoms with Gasteiger partial charge in [0, 0.05) is 12.8 Å². The van der Waals surface area contributed by atoms with Gasteiger partial charge in [0.25, 0.3) is 5.56 Å². The second kappa shape index (κ2) is 6.18. The van der Waals surface area contributed by atoms with Crippen molar-refractivity contribution in [3.8, 4) is 0 Å². The van der Waals surface area contributed by atoms with E-state index in [2.05, 4.69) is 9.97 Å². The number of thiophene rings is 1. The van der Waals surface area contributed by atoms with Crippen LogP contribution in [-0.4, -0.2) is 35.6 Å². The Hall–Kier alpha value is -1.73. The van der Waals surface area contributed by atoms with Gasteiger partial charge in [-0.2, -0.15) is 0 Å². The monoisotopic (exact) mass is 322 g/mol. The van der Waals surface area contributed by atoms with Crippen LogP contribution in [0.2, 0.25) is 0 Å². The minimum absolute atomic E-state index is 0.164. The van der Waals surface area contributed by atoms with Crippen LogP contribution in [0.25, 0.3) is 10.2 Å². The summed E-state index contributed by atoms with van der Waals surface area (Å²) in [5.41, 5.74) is 0.496. The molecule has 0 saturated carbocycles. The number of esters is 1. The van der Waals surface area contributed by atoms with Crippen molar-refractivity contribution in [2.24, 2.45) is 0 Å². The van der Waals surface area contributed by atoms with Gasteiger partial charge < -0.3 is 14.6 Å². The van der Waals surface area contributed by atoms with Gasteiger partial charge in [-0.25, -0.2) is 9.78 Å². The molecule has 0 aromatic carbocycles. The minimum Gasteiger partial charge on any atom is -0.462 e. The Bertz CT molecular complexity index is 759. The number of nitrogens with zero attached hydrogens (tertiary/aromatic N) is 1. The van der Waals surface area contributed by atoms with Crippen LogP contribution < -0.4 is 10.5 Å². The molecule has 3 heterocycles. The maximum absolute atomic E-state index is 12.3. The number of carbonyl (C=O) groups excluding carboxylic acids is 1. The average molecular weight is 322 g/mol. The lowest BCUT2D eigenvalue weighted by molar-refractivity contribution is -0.902. The molecule has 0 unspecified atom stereocenters. The first-order valence-corrected chi connectivity index (χ1v) is 8.44. The number of aromatic amines is 1.